The first-order valence-electron chi connectivity index (χ1n) is 6.22. The van der Waals surface area contributed by atoms with Crippen LogP contribution >= 0.6 is 11.8 Å². The van der Waals surface area contributed by atoms with Gasteiger partial charge in [-0.05, 0) is 49.5 Å². The Morgan fingerprint density at radius 2 is 2.11 bits per heavy atom. The van der Waals surface area contributed by atoms with Gasteiger partial charge in [0.25, 0.3) is 5.91 Å². The minimum Gasteiger partial charge on any atom is -0.507 e. The van der Waals surface area contributed by atoms with Crippen LogP contribution in [0.15, 0.2) is 18.2 Å². The van der Waals surface area contributed by atoms with Crippen LogP contribution in [0.4, 0.5) is 0 Å². The first-order valence-corrected chi connectivity index (χ1v) is 7.61. The van der Waals surface area contributed by atoms with Crippen LogP contribution in [0, 0.1) is 6.92 Å². The molecule has 0 atom stereocenters. The van der Waals surface area contributed by atoms with Crippen molar-refractivity contribution in [3.05, 3.63) is 29.3 Å². The van der Waals surface area contributed by atoms with Crippen LogP contribution in [0.5, 0.6) is 5.75 Å². The number of carbonyl (C=O) groups excluding carboxylic acids is 1. The molecule has 0 aliphatic carbocycles. The number of phenols is 1. The topological polar surface area (TPSA) is 49.3 Å². The lowest BCUT2D eigenvalue weighted by molar-refractivity contribution is 0.0950. The molecule has 0 aliphatic heterocycles. The number of hydrogen-bond donors (Lipinski definition) is 2. The Bertz CT molecular complexity index is 393. The van der Waals surface area contributed by atoms with Crippen molar-refractivity contribution in [2.45, 2.75) is 26.2 Å². The molecule has 18 heavy (non-hydrogen) atoms. The van der Waals surface area contributed by atoms with Crippen LogP contribution in [0.1, 0.15) is 35.2 Å². The third-order valence-corrected chi connectivity index (χ3v) is 3.41. The van der Waals surface area contributed by atoms with E-state index in [1.807, 2.05) is 24.8 Å². The van der Waals surface area contributed by atoms with E-state index in [-0.39, 0.29) is 11.7 Å². The highest BCUT2D eigenvalue weighted by atomic mass is 32.2. The lowest BCUT2D eigenvalue weighted by Crippen LogP contribution is -2.24. The molecule has 0 fully saturated rings. The molecule has 1 rings (SSSR count). The van der Waals surface area contributed by atoms with Crippen LogP contribution in [0.2, 0.25) is 0 Å². The van der Waals surface area contributed by atoms with E-state index in [1.165, 1.54) is 12.2 Å². The summed E-state index contributed by atoms with van der Waals surface area (Å²) in [5, 5.41) is 12.5. The molecule has 0 unspecified atom stereocenters. The Morgan fingerprint density at radius 1 is 1.33 bits per heavy atom. The van der Waals surface area contributed by atoms with Crippen molar-refractivity contribution >= 4 is 17.7 Å². The Kier molecular flexibility index (Phi) is 6.65. The lowest BCUT2D eigenvalue weighted by atomic mass is 10.1. The molecule has 0 saturated heterocycles. The number of hydrogen-bond acceptors (Lipinski definition) is 3. The van der Waals surface area contributed by atoms with Crippen LogP contribution in [0.3, 0.4) is 0 Å². The van der Waals surface area contributed by atoms with Gasteiger partial charge in [-0.1, -0.05) is 12.5 Å². The fourth-order valence-corrected chi connectivity index (χ4v) is 2.17. The van der Waals surface area contributed by atoms with E-state index in [2.05, 4.69) is 11.6 Å². The highest BCUT2D eigenvalue weighted by Crippen LogP contribution is 2.18. The molecule has 0 bridgehead atoms. The van der Waals surface area contributed by atoms with Gasteiger partial charge in [0.05, 0.1) is 5.56 Å². The number of nitrogens with one attached hydrogen (secondary N) is 1. The van der Waals surface area contributed by atoms with Gasteiger partial charge in [-0.25, -0.2) is 0 Å². The molecule has 2 N–H and O–H groups in total. The van der Waals surface area contributed by atoms with Crippen LogP contribution in [0.25, 0.3) is 0 Å². The maximum absolute atomic E-state index is 11.8. The highest BCUT2D eigenvalue weighted by Gasteiger charge is 2.09. The summed E-state index contributed by atoms with van der Waals surface area (Å²) < 4.78 is 0. The lowest BCUT2D eigenvalue weighted by Gasteiger charge is -2.07. The predicted molar refractivity (Wildman–Crippen MR) is 77.4 cm³/mol. The second-order valence-electron chi connectivity index (χ2n) is 4.33. The van der Waals surface area contributed by atoms with Gasteiger partial charge in [0.2, 0.25) is 0 Å². The van der Waals surface area contributed by atoms with Crippen LogP contribution in [-0.4, -0.2) is 29.6 Å². The number of amides is 1. The minimum absolute atomic E-state index is 0.0508. The smallest absolute Gasteiger partial charge is 0.255 e. The number of carbonyl (C=O) groups is 1. The quantitative estimate of drug-likeness (QED) is 0.747. The van der Waals surface area contributed by atoms with Gasteiger partial charge >= 0.3 is 0 Å². The largest absolute Gasteiger partial charge is 0.507 e. The van der Waals surface area contributed by atoms with Crippen molar-refractivity contribution in [1.29, 1.82) is 0 Å². The summed E-state index contributed by atoms with van der Waals surface area (Å²) in [6.45, 7) is 2.55. The fourth-order valence-electron chi connectivity index (χ4n) is 1.68. The third kappa shape index (κ3) is 5.00. The Labute approximate surface area is 113 Å². The number of benzene rings is 1. The van der Waals surface area contributed by atoms with E-state index in [9.17, 15) is 9.90 Å². The first-order chi connectivity index (χ1) is 8.65. The number of phenolic OH excluding ortho intramolecular Hbond substituents is 1. The van der Waals surface area contributed by atoms with Crippen LogP contribution < -0.4 is 5.32 Å². The molecule has 0 spiro atoms. The Balaban J connectivity index is 2.32. The van der Waals surface area contributed by atoms with E-state index >= 15 is 0 Å². The number of thioether (sulfide) groups is 1. The molecular weight excluding hydrogens is 246 g/mol. The SMILES string of the molecule is CSCCCCCNC(=O)c1ccc(C)cc1O. The molecule has 1 aromatic carbocycles. The fraction of sp³-hybridized carbons (Fsp3) is 0.500. The van der Waals surface area contributed by atoms with Gasteiger partial charge in [0.1, 0.15) is 5.75 Å². The molecular formula is C14H21NO2S. The van der Waals surface area contributed by atoms with Crippen molar-refractivity contribution in [3.8, 4) is 5.75 Å². The molecule has 0 radical (unpaired) electrons. The predicted octanol–water partition coefficient (Wildman–Crippen LogP) is 2.96. The summed E-state index contributed by atoms with van der Waals surface area (Å²) in [5.74, 6) is 1.03. The van der Waals surface area contributed by atoms with Gasteiger partial charge in [-0.3, -0.25) is 4.79 Å². The molecule has 4 heteroatoms. The van der Waals surface area contributed by atoms with Gasteiger partial charge < -0.3 is 10.4 Å². The average molecular weight is 267 g/mol. The monoisotopic (exact) mass is 267 g/mol. The number of aromatic hydroxyl groups is 1. The summed E-state index contributed by atoms with van der Waals surface area (Å²) in [6, 6.07) is 5.09. The van der Waals surface area contributed by atoms with Crippen LogP contribution in [-0.2, 0) is 0 Å². The number of unbranched alkanes of at least 4 members (excludes halogenated alkanes) is 2. The minimum atomic E-state index is -0.197. The Hall–Kier alpha value is -1.16. The maximum Gasteiger partial charge on any atom is 0.255 e. The molecule has 0 aromatic heterocycles. The zero-order chi connectivity index (χ0) is 13.4. The van der Waals surface area contributed by atoms with Gasteiger partial charge in [0, 0.05) is 6.54 Å². The van der Waals surface area contributed by atoms with Crippen molar-refractivity contribution < 1.29 is 9.90 Å². The van der Waals surface area contributed by atoms with Gasteiger partial charge in [-0.15, -0.1) is 0 Å². The summed E-state index contributed by atoms with van der Waals surface area (Å²) >= 11 is 1.85. The van der Waals surface area contributed by atoms with Gasteiger partial charge in [-0.2, -0.15) is 11.8 Å². The van der Waals surface area contributed by atoms with Crippen molar-refractivity contribution in [2.75, 3.05) is 18.6 Å². The molecule has 0 saturated carbocycles. The standard InChI is InChI=1S/C14H21NO2S/c1-11-6-7-12(13(16)10-11)14(17)15-8-4-3-5-9-18-2/h6-7,10,16H,3-5,8-9H2,1-2H3,(H,15,17). The summed E-state index contributed by atoms with van der Waals surface area (Å²) in [7, 11) is 0. The highest BCUT2D eigenvalue weighted by molar-refractivity contribution is 7.98. The van der Waals surface area contributed by atoms with Crippen molar-refractivity contribution in [1.82, 2.24) is 5.32 Å². The summed E-state index contributed by atoms with van der Waals surface area (Å²) in [6.07, 6.45) is 5.40. The number of aryl methyl sites for hydroxylation is 1. The van der Waals surface area contributed by atoms with E-state index in [1.54, 1.807) is 12.1 Å². The Morgan fingerprint density at radius 3 is 2.78 bits per heavy atom. The van der Waals surface area contributed by atoms with Gasteiger partial charge in [0.15, 0.2) is 0 Å². The van der Waals surface area contributed by atoms with E-state index in [4.69, 9.17) is 0 Å². The third-order valence-electron chi connectivity index (χ3n) is 2.71. The van der Waals surface area contributed by atoms with Crippen molar-refractivity contribution in [3.63, 3.8) is 0 Å². The molecule has 0 heterocycles. The summed E-state index contributed by atoms with van der Waals surface area (Å²) in [4.78, 5) is 11.8. The second-order valence-corrected chi connectivity index (χ2v) is 5.32. The van der Waals surface area contributed by atoms with E-state index in [0.717, 1.165) is 18.4 Å². The van der Waals surface area contributed by atoms with Crippen molar-refractivity contribution in [2.24, 2.45) is 0 Å². The average Bonchev–Trinajstić information content (AvgIpc) is 2.33. The molecule has 1 amide bonds. The molecule has 0 aliphatic rings. The summed E-state index contributed by atoms with van der Waals surface area (Å²) in [5.41, 5.74) is 1.30. The zero-order valence-electron chi connectivity index (χ0n) is 11.0. The van der Waals surface area contributed by atoms with E-state index in [0.29, 0.717) is 12.1 Å². The second kappa shape index (κ2) is 8.03. The maximum atomic E-state index is 11.8. The first kappa shape index (κ1) is 14.9. The molecule has 3 nitrogen and oxygen atoms in total. The molecule has 1 aromatic rings. The zero-order valence-corrected chi connectivity index (χ0v) is 11.8. The molecule has 100 valence electrons. The number of rotatable bonds is 7. The normalized spacial score (nSPS) is 10.3. The van der Waals surface area contributed by atoms with E-state index < -0.39 is 0 Å².